The number of hydrogen-bond acceptors (Lipinski definition) is 5. The first kappa shape index (κ1) is 22.6. The molecule has 2 aromatic rings. The molecule has 30 heavy (non-hydrogen) atoms. The summed E-state index contributed by atoms with van der Waals surface area (Å²) in [6.07, 6.45) is 3.09. The molecular weight excluding hydrogens is 384 g/mol. The molecule has 8 nitrogen and oxygen atoms in total. The fraction of sp³-hybridized carbons (Fsp3) is 0.273. The average Bonchev–Trinajstić information content (AvgIpc) is 2.77. The summed E-state index contributed by atoms with van der Waals surface area (Å²) < 4.78 is 5.47. The zero-order chi connectivity index (χ0) is 21.8. The van der Waals surface area contributed by atoms with Crippen LogP contribution in [0.4, 0.5) is 5.69 Å². The molecular formula is C22H26N4O4. The summed E-state index contributed by atoms with van der Waals surface area (Å²) in [6, 6.07) is 14.4. The van der Waals surface area contributed by atoms with Gasteiger partial charge in [0.25, 0.3) is 5.91 Å². The van der Waals surface area contributed by atoms with Crippen LogP contribution in [0.15, 0.2) is 53.6 Å². The lowest BCUT2D eigenvalue weighted by molar-refractivity contribution is -0.139. The number of nitrogens with zero attached hydrogens (tertiary/aromatic N) is 1. The van der Waals surface area contributed by atoms with E-state index in [1.807, 2.05) is 31.2 Å². The summed E-state index contributed by atoms with van der Waals surface area (Å²) in [5.74, 6) is -1.28. The van der Waals surface area contributed by atoms with E-state index in [1.54, 1.807) is 24.3 Å². The first-order valence-electron chi connectivity index (χ1n) is 9.74. The zero-order valence-electron chi connectivity index (χ0n) is 17.1. The molecule has 0 heterocycles. The van der Waals surface area contributed by atoms with Crippen molar-refractivity contribution >= 4 is 29.6 Å². The van der Waals surface area contributed by atoms with Gasteiger partial charge in [0.1, 0.15) is 5.75 Å². The van der Waals surface area contributed by atoms with Gasteiger partial charge in [-0.25, -0.2) is 5.43 Å². The molecule has 0 aliphatic heterocycles. The molecule has 3 amide bonds. The second-order valence-corrected chi connectivity index (χ2v) is 6.41. The Morgan fingerprint density at radius 2 is 1.67 bits per heavy atom. The van der Waals surface area contributed by atoms with Crippen LogP contribution in [0.25, 0.3) is 0 Å². The largest absolute Gasteiger partial charge is 0.484 e. The predicted octanol–water partition coefficient (Wildman–Crippen LogP) is 2.24. The fourth-order valence-corrected chi connectivity index (χ4v) is 2.35. The van der Waals surface area contributed by atoms with E-state index in [0.29, 0.717) is 17.9 Å². The second-order valence-electron chi connectivity index (χ2n) is 6.41. The lowest BCUT2D eigenvalue weighted by Crippen LogP contribution is -2.38. The Balaban J connectivity index is 1.76. The van der Waals surface area contributed by atoms with Gasteiger partial charge >= 0.3 is 11.8 Å². The maximum Gasteiger partial charge on any atom is 0.329 e. The monoisotopic (exact) mass is 410 g/mol. The first-order valence-corrected chi connectivity index (χ1v) is 9.74. The molecule has 0 atom stereocenters. The van der Waals surface area contributed by atoms with Gasteiger partial charge in [0, 0.05) is 12.2 Å². The normalized spacial score (nSPS) is 10.5. The second kappa shape index (κ2) is 12.0. The van der Waals surface area contributed by atoms with E-state index in [1.165, 1.54) is 11.8 Å². The number of nitrogens with one attached hydrogen (secondary N) is 3. The number of amides is 3. The highest BCUT2D eigenvalue weighted by atomic mass is 16.5. The molecule has 2 rings (SSSR count). The van der Waals surface area contributed by atoms with Crippen molar-refractivity contribution in [1.82, 2.24) is 10.7 Å². The van der Waals surface area contributed by atoms with E-state index in [0.717, 1.165) is 18.5 Å². The predicted molar refractivity (Wildman–Crippen MR) is 115 cm³/mol. The lowest BCUT2D eigenvalue weighted by Gasteiger charge is -2.08. The minimum atomic E-state index is -0.824. The number of carbonyl (C=O) groups is 3. The van der Waals surface area contributed by atoms with Crippen molar-refractivity contribution in [3.8, 4) is 5.75 Å². The Hall–Kier alpha value is -3.68. The van der Waals surface area contributed by atoms with Gasteiger partial charge in [-0.2, -0.15) is 5.10 Å². The zero-order valence-corrected chi connectivity index (χ0v) is 17.1. The van der Waals surface area contributed by atoms with E-state index in [9.17, 15) is 14.4 Å². The highest BCUT2D eigenvalue weighted by molar-refractivity contribution is 6.35. The SMILES string of the molecule is CCCNC(=O)C(=O)N/N=C\c1ccc(OCC(=O)Nc2ccc(CC)cc2)cc1. The summed E-state index contributed by atoms with van der Waals surface area (Å²) in [5, 5.41) is 8.98. The maximum absolute atomic E-state index is 12.0. The average molecular weight is 410 g/mol. The highest BCUT2D eigenvalue weighted by Crippen LogP contribution is 2.12. The molecule has 2 aromatic carbocycles. The topological polar surface area (TPSA) is 109 Å². The first-order chi connectivity index (χ1) is 14.5. The Labute approximate surface area is 175 Å². The third kappa shape index (κ3) is 7.75. The number of rotatable bonds is 9. The molecule has 0 saturated carbocycles. The molecule has 0 bridgehead atoms. The quantitative estimate of drug-likeness (QED) is 0.335. The third-order valence-corrected chi connectivity index (χ3v) is 4.02. The van der Waals surface area contributed by atoms with Crippen molar-refractivity contribution in [3.05, 3.63) is 59.7 Å². The Kier molecular flexibility index (Phi) is 9.05. The minimum absolute atomic E-state index is 0.119. The Morgan fingerprint density at radius 1 is 0.967 bits per heavy atom. The molecule has 158 valence electrons. The van der Waals surface area contributed by atoms with Gasteiger partial charge in [-0.3, -0.25) is 14.4 Å². The van der Waals surface area contributed by atoms with Crippen LogP contribution in [0.3, 0.4) is 0 Å². The van der Waals surface area contributed by atoms with Crippen molar-refractivity contribution in [2.75, 3.05) is 18.5 Å². The third-order valence-electron chi connectivity index (χ3n) is 4.02. The summed E-state index contributed by atoms with van der Waals surface area (Å²) >= 11 is 0. The number of anilines is 1. The number of aryl methyl sites for hydroxylation is 1. The molecule has 8 heteroatoms. The van der Waals surface area contributed by atoms with Gasteiger partial charge in [0.15, 0.2) is 6.61 Å². The van der Waals surface area contributed by atoms with Crippen molar-refractivity contribution < 1.29 is 19.1 Å². The fourth-order valence-electron chi connectivity index (χ4n) is 2.35. The van der Waals surface area contributed by atoms with Gasteiger partial charge in [-0.05, 0) is 60.4 Å². The van der Waals surface area contributed by atoms with E-state index in [-0.39, 0.29) is 12.5 Å². The van der Waals surface area contributed by atoms with Crippen LogP contribution in [-0.2, 0) is 20.8 Å². The number of benzene rings is 2. The van der Waals surface area contributed by atoms with Crippen LogP contribution >= 0.6 is 0 Å². The number of hydrazone groups is 1. The smallest absolute Gasteiger partial charge is 0.329 e. The van der Waals surface area contributed by atoms with Crippen LogP contribution in [-0.4, -0.2) is 37.1 Å². The summed E-state index contributed by atoms with van der Waals surface area (Å²) in [7, 11) is 0. The van der Waals surface area contributed by atoms with Crippen molar-refractivity contribution in [1.29, 1.82) is 0 Å². The van der Waals surface area contributed by atoms with Crippen molar-refractivity contribution in [2.45, 2.75) is 26.7 Å². The van der Waals surface area contributed by atoms with Crippen LogP contribution < -0.4 is 20.8 Å². The molecule has 0 radical (unpaired) electrons. The highest BCUT2D eigenvalue weighted by Gasteiger charge is 2.10. The van der Waals surface area contributed by atoms with E-state index >= 15 is 0 Å². The Bertz CT molecular complexity index is 877. The van der Waals surface area contributed by atoms with Crippen molar-refractivity contribution in [3.63, 3.8) is 0 Å². The van der Waals surface area contributed by atoms with Crippen LogP contribution in [0.2, 0.25) is 0 Å². The van der Waals surface area contributed by atoms with Crippen LogP contribution in [0.1, 0.15) is 31.4 Å². The summed E-state index contributed by atoms with van der Waals surface area (Å²) in [4.78, 5) is 34.9. The minimum Gasteiger partial charge on any atom is -0.484 e. The molecule has 0 aliphatic rings. The van der Waals surface area contributed by atoms with Crippen LogP contribution in [0, 0.1) is 0 Å². The van der Waals surface area contributed by atoms with Gasteiger partial charge in [-0.1, -0.05) is 26.0 Å². The van der Waals surface area contributed by atoms with Gasteiger partial charge < -0.3 is 15.4 Å². The molecule has 0 saturated heterocycles. The van der Waals surface area contributed by atoms with E-state index in [2.05, 4.69) is 28.1 Å². The molecule has 0 unspecified atom stereocenters. The maximum atomic E-state index is 12.0. The standard InChI is InChI=1S/C22H26N4O4/c1-3-13-23-21(28)22(29)26-24-14-17-7-11-19(12-8-17)30-15-20(27)25-18-9-5-16(4-2)6-10-18/h5-12,14H,3-4,13,15H2,1-2H3,(H,23,28)(H,25,27)(H,26,29)/b24-14-. The molecule has 0 fully saturated rings. The van der Waals surface area contributed by atoms with Crippen molar-refractivity contribution in [2.24, 2.45) is 5.10 Å². The number of carbonyl (C=O) groups excluding carboxylic acids is 3. The number of hydrogen-bond donors (Lipinski definition) is 3. The van der Waals surface area contributed by atoms with Gasteiger partial charge in [-0.15, -0.1) is 0 Å². The molecule has 0 aliphatic carbocycles. The van der Waals surface area contributed by atoms with Crippen LogP contribution in [0.5, 0.6) is 5.75 Å². The number of ether oxygens (including phenoxy) is 1. The molecule has 0 spiro atoms. The van der Waals surface area contributed by atoms with E-state index < -0.39 is 11.8 Å². The molecule has 0 aromatic heterocycles. The van der Waals surface area contributed by atoms with Gasteiger partial charge in [0.05, 0.1) is 6.21 Å². The lowest BCUT2D eigenvalue weighted by atomic mass is 10.1. The van der Waals surface area contributed by atoms with Gasteiger partial charge in [0.2, 0.25) is 0 Å². The molecule has 3 N–H and O–H groups in total. The summed E-state index contributed by atoms with van der Waals surface area (Å²) in [5.41, 5.74) is 4.77. The summed E-state index contributed by atoms with van der Waals surface area (Å²) in [6.45, 7) is 4.27. The van der Waals surface area contributed by atoms with E-state index in [4.69, 9.17) is 4.74 Å². The Morgan fingerprint density at radius 3 is 2.30 bits per heavy atom.